The molecule has 1 atom stereocenters. The molecule has 5 heteroatoms. The van der Waals surface area contributed by atoms with Crippen LogP contribution in [0.5, 0.6) is 0 Å². The van der Waals surface area contributed by atoms with Gasteiger partial charge in [-0.1, -0.05) is 0 Å². The number of hydrogen-bond donors (Lipinski definition) is 0. The van der Waals surface area contributed by atoms with Crippen LogP contribution in [-0.4, -0.2) is 44.2 Å². The lowest BCUT2D eigenvalue weighted by molar-refractivity contribution is -0.109. The van der Waals surface area contributed by atoms with Gasteiger partial charge in [0.1, 0.15) is 18.1 Å². The minimum atomic E-state index is -0.354. The molecule has 1 aromatic rings. The maximum absolute atomic E-state index is 13.2. The van der Waals surface area contributed by atoms with E-state index in [1.165, 1.54) is 12.1 Å². The summed E-state index contributed by atoms with van der Waals surface area (Å²) in [6, 6.07) is 4.12. The van der Waals surface area contributed by atoms with Crippen molar-refractivity contribution in [2.24, 2.45) is 4.99 Å². The molecule has 2 rings (SSSR count). The van der Waals surface area contributed by atoms with E-state index in [2.05, 4.69) is 4.99 Å². The van der Waals surface area contributed by atoms with Crippen LogP contribution in [0.4, 0.5) is 10.1 Å². The quantitative estimate of drug-likeness (QED) is 0.720. The summed E-state index contributed by atoms with van der Waals surface area (Å²) in [5.74, 6) is -0.307. The number of aldehydes is 1. The van der Waals surface area contributed by atoms with Crippen molar-refractivity contribution in [2.45, 2.75) is 6.04 Å². The van der Waals surface area contributed by atoms with Gasteiger partial charge >= 0.3 is 0 Å². The van der Waals surface area contributed by atoms with Gasteiger partial charge in [-0.15, -0.1) is 0 Å². The number of fused-ring (bicyclic) bond motifs is 1. The molecule has 4 nitrogen and oxygen atoms in total. The van der Waals surface area contributed by atoms with E-state index in [-0.39, 0.29) is 11.9 Å². The largest absolute Gasteiger partial charge is 0.301 e. The fourth-order valence-corrected chi connectivity index (χ4v) is 1.97. The second kappa shape index (κ2) is 4.63. The van der Waals surface area contributed by atoms with Gasteiger partial charge in [-0.3, -0.25) is 10.0 Å². The Labute approximate surface area is 99.3 Å². The highest BCUT2D eigenvalue weighted by Crippen LogP contribution is 2.24. The smallest absolute Gasteiger partial charge is 0.145 e. The molecule has 17 heavy (non-hydrogen) atoms. The van der Waals surface area contributed by atoms with Crippen LogP contribution in [0, 0.1) is 5.82 Å². The number of rotatable bonds is 2. The first-order valence-electron chi connectivity index (χ1n) is 5.34. The molecule has 90 valence electrons. The highest BCUT2D eigenvalue weighted by molar-refractivity contribution is 5.90. The Balaban J connectivity index is 2.53. The van der Waals surface area contributed by atoms with E-state index < -0.39 is 0 Å². The SMILES string of the molecule is CN(C)N1c2ccc(F)cc2C=NCC1C=O. The molecule has 1 unspecified atom stereocenters. The second-order valence-corrected chi connectivity index (χ2v) is 4.09. The fraction of sp³-hybridized carbons (Fsp3) is 0.333. The van der Waals surface area contributed by atoms with E-state index in [4.69, 9.17) is 0 Å². The van der Waals surface area contributed by atoms with Crippen LogP contribution in [0.2, 0.25) is 0 Å². The Morgan fingerprint density at radius 3 is 2.94 bits per heavy atom. The molecule has 0 radical (unpaired) electrons. The Morgan fingerprint density at radius 1 is 1.53 bits per heavy atom. The number of nitrogens with zero attached hydrogens (tertiary/aromatic N) is 3. The van der Waals surface area contributed by atoms with Gasteiger partial charge in [-0.2, -0.15) is 0 Å². The highest BCUT2D eigenvalue weighted by atomic mass is 19.1. The zero-order valence-electron chi connectivity index (χ0n) is 9.80. The lowest BCUT2D eigenvalue weighted by atomic mass is 10.1. The third kappa shape index (κ3) is 2.19. The van der Waals surface area contributed by atoms with E-state index in [9.17, 15) is 9.18 Å². The molecule has 0 amide bonds. The van der Waals surface area contributed by atoms with Crippen molar-refractivity contribution >= 4 is 18.2 Å². The molecular formula is C12H14FN3O. The first-order chi connectivity index (χ1) is 8.13. The molecule has 0 N–H and O–H groups in total. The molecule has 0 saturated heterocycles. The predicted molar refractivity (Wildman–Crippen MR) is 64.9 cm³/mol. The molecular weight excluding hydrogens is 221 g/mol. The summed E-state index contributed by atoms with van der Waals surface area (Å²) in [5, 5.41) is 3.62. The maximum Gasteiger partial charge on any atom is 0.145 e. The third-order valence-electron chi connectivity index (χ3n) is 2.66. The van der Waals surface area contributed by atoms with Gasteiger partial charge in [0.15, 0.2) is 0 Å². The summed E-state index contributed by atoms with van der Waals surface area (Å²) in [4.78, 5) is 15.2. The minimum absolute atomic E-state index is 0.307. The van der Waals surface area contributed by atoms with Crippen LogP contribution in [-0.2, 0) is 4.79 Å². The number of halogens is 1. The first kappa shape index (κ1) is 11.7. The van der Waals surface area contributed by atoms with Crippen LogP contribution < -0.4 is 5.01 Å². The normalized spacial score (nSPS) is 19.1. The van der Waals surface area contributed by atoms with Crippen molar-refractivity contribution in [3.05, 3.63) is 29.6 Å². The molecule has 0 fully saturated rings. The number of aliphatic imine (C=N–C) groups is 1. The Hall–Kier alpha value is -1.75. The van der Waals surface area contributed by atoms with E-state index in [1.807, 2.05) is 24.1 Å². The molecule has 1 aliphatic rings. The Bertz CT molecular complexity index is 459. The summed E-state index contributed by atoms with van der Waals surface area (Å²) < 4.78 is 13.2. The van der Waals surface area contributed by atoms with Crippen LogP contribution in [0.1, 0.15) is 5.56 Å². The summed E-state index contributed by atoms with van der Waals surface area (Å²) in [6.45, 7) is 0.373. The minimum Gasteiger partial charge on any atom is -0.301 e. The zero-order valence-corrected chi connectivity index (χ0v) is 9.80. The molecule has 0 aliphatic carbocycles. The average molecular weight is 235 g/mol. The Morgan fingerprint density at radius 2 is 2.29 bits per heavy atom. The van der Waals surface area contributed by atoms with Crippen LogP contribution in [0.3, 0.4) is 0 Å². The number of benzene rings is 1. The monoisotopic (exact) mass is 235 g/mol. The molecule has 0 spiro atoms. The van der Waals surface area contributed by atoms with E-state index >= 15 is 0 Å². The highest BCUT2D eigenvalue weighted by Gasteiger charge is 2.24. The van der Waals surface area contributed by atoms with Gasteiger partial charge in [0.2, 0.25) is 0 Å². The van der Waals surface area contributed by atoms with E-state index in [1.54, 1.807) is 12.3 Å². The van der Waals surface area contributed by atoms with Crippen LogP contribution in [0.25, 0.3) is 0 Å². The molecule has 1 heterocycles. The van der Waals surface area contributed by atoms with E-state index in [0.717, 1.165) is 12.0 Å². The topological polar surface area (TPSA) is 35.9 Å². The lowest BCUT2D eigenvalue weighted by Gasteiger charge is -2.34. The summed E-state index contributed by atoms with van der Waals surface area (Å²) in [5.41, 5.74) is 1.47. The number of hydrogen-bond acceptors (Lipinski definition) is 4. The van der Waals surface area contributed by atoms with Crippen LogP contribution in [0.15, 0.2) is 23.2 Å². The molecule has 0 saturated carbocycles. The third-order valence-corrected chi connectivity index (χ3v) is 2.66. The van der Waals surface area contributed by atoms with Crippen molar-refractivity contribution in [3.8, 4) is 0 Å². The van der Waals surface area contributed by atoms with Gasteiger partial charge in [0, 0.05) is 25.9 Å². The summed E-state index contributed by atoms with van der Waals surface area (Å²) in [7, 11) is 3.68. The summed E-state index contributed by atoms with van der Waals surface area (Å²) >= 11 is 0. The van der Waals surface area contributed by atoms with Crippen molar-refractivity contribution in [1.29, 1.82) is 0 Å². The van der Waals surface area contributed by atoms with Gasteiger partial charge in [0.05, 0.1) is 12.2 Å². The number of benzodiazepines with no additional fused rings is 1. The fourth-order valence-electron chi connectivity index (χ4n) is 1.97. The van der Waals surface area contributed by atoms with Crippen LogP contribution >= 0.6 is 0 Å². The van der Waals surface area contributed by atoms with Crippen molar-refractivity contribution < 1.29 is 9.18 Å². The number of anilines is 1. The first-order valence-corrected chi connectivity index (χ1v) is 5.34. The second-order valence-electron chi connectivity index (χ2n) is 4.09. The number of hydrazine groups is 1. The number of carbonyl (C=O) groups excluding carboxylic acids is 1. The Kier molecular flexibility index (Phi) is 3.19. The maximum atomic E-state index is 13.2. The van der Waals surface area contributed by atoms with E-state index in [0.29, 0.717) is 12.1 Å². The van der Waals surface area contributed by atoms with Gasteiger partial charge in [-0.25, -0.2) is 9.40 Å². The number of carbonyl (C=O) groups is 1. The van der Waals surface area contributed by atoms with Gasteiger partial charge < -0.3 is 4.79 Å². The van der Waals surface area contributed by atoms with Crippen molar-refractivity contribution in [3.63, 3.8) is 0 Å². The zero-order chi connectivity index (χ0) is 12.4. The average Bonchev–Trinajstić information content (AvgIpc) is 2.46. The molecule has 0 bridgehead atoms. The van der Waals surface area contributed by atoms with Crippen molar-refractivity contribution in [2.75, 3.05) is 25.6 Å². The predicted octanol–water partition coefficient (Wildman–Crippen LogP) is 1.11. The van der Waals surface area contributed by atoms with Crippen molar-refractivity contribution in [1.82, 2.24) is 5.01 Å². The lowest BCUT2D eigenvalue weighted by Crippen LogP contribution is -2.47. The molecule has 0 aromatic heterocycles. The molecule has 1 aromatic carbocycles. The summed E-state index contributed by atoms with van der Waals surface area (Å²) in [6.07, 6.45) is 2.47. The standard InChI is InChI=1S/C12H14FN3O/c1-15(2)16-11(8-17)7-14-6-9-5-10(13)3-4-12(9)16/h3-6,8,11H,7H2,1-2H3. The van der Waals surface area contributed by atoms with Gasteiger partial charge in [-0.05, 0) is 18.2 Å². The van der Waals surface area contributed by atoms with Gasteiger partial charge in [0.25, 0.3) is 0 Å². The molecule has 1 aliphatic heterocycles.